The lowest BCUT2D eigenvalue weighted by Crippen LogP contribution is -2.27. The fraction of sp³-hybridized carbons (Fsp3) is 0. The molecule has 24 heavy (non-hydrogen) atoms. The molecule has 1 N–H and O–H groups in total. The Kier molecular flexibility index (Phi) is 4.71. The molecule has 0 bridgehead atoms. The van der Waals surface area contributed by atoms with Crippen molar-refractivity contribution >= 4 is 63.5 Å². The van der Waals surface area contributed by atoms with E-state index in [4.69, 9.17) is 23.8 Å². The van der Waals surface area contributed by atoms with Crippen LogP contribution in [0.1, 0.15) is 15.9 Å². The van der Waals surface area contributed by atoms with E-state index < -0.39 is 5.97 Å². The zero-order chi connectivity index (χ0) is 17.3. The van der Waals surface area contributed by atoms with Crippen molar-refractivity contribution < 1.29 is 14.7 Å². The van der Waals surface area contributed by atoms with Gasteiger partial charge in [0.2, 0.25) is 0 Å². The van der Waals surface area contributed by atoms with E-state index in [9.17, 15) is 14.7 Å². The number of hydrogen-bond acceptors (Lipinski definition) is 4. The van der Waals surface area contributed by atoms with Gasteiger partial charge >= 0.3 is 5.97 Å². The molecule has 2 aromatic rings. The first kappa shape index (κ1) is 16.7. The smallest absolute Gasteiger partial charge is 0.336 e. The Morgan fingerprint density at radius 3 is 2.67 bits per heavy atom. The van der Waals surface area contributed by atoms with E-state index in [2.05, 4.69) is 0 Å². The van der Waals surface area contributed by atoms with E-state index in [0.29, 0.717) is 25.5 Å². The molecule has 3 rings (SSSR count). The number of rotatable bonds is 3. The molecule has 1 aliphatic heterocycles. The van der Waals surface area contributed by atoms with Crippen molar-refractivity contribution in [3.05, 3.63) is 69.6 Å². The largest absolute Gasteiger partial charge is 0.478 e. The normalized spacial score (nSPS) is 16.0. The monoisotopic (exact) mass is 375 g/mol. The number of thioether (sulfide) groups is 1. The van der Waals surface area contributed by atoms with Crippen LogP contribution in [0.5, 0.6) is 0 Å². The Morgan fingerprint density at radius 2 is 1.96 bits per heavy atom. The second-order valence-electron chi connectivity index (χ2n) is 4.89. The Bertz CT molecular complexity index is 895. The predicted molar refractivity (Wildman–Crippen MR) is 101 cm³/mol. The molecule has 0 aliphatic carbocycles. The minimum Gasteiger partial charge on any atom is -0.478 e. The number of carboxylic acid groups (broad SMARTS) is 1. The van der Waals surface area contributed by atoms with E-state index in [1.54, 1.807) is 48.5 Å². The summed E-state index contributed by atoms with van der Waals surface area (Å²) in [6, 6.07) is 13.3. The van der Waals surface area contributed by atoms with Crippen LogP contribution in [0.15, 0.2) is 53.4 Å². The van der Waals surface area contributed by atoms with Crippen LogP contribution in [0.3, 0.4) is 0 Å². The summed E-state index contributed by atoms with van der Waals surface area (Å²) in [5.41, 5.74) is 1.17. The lowest BCUT2D eigenvalue weighted by molar-refractivity contribution is -0.113. The molecule has 0 spiro atoms. The number of thiocarbonyl (C=S) groups is 1. The molecular weight excluding hydrogens is 366 g/mol. The molecule has 0 atom stereocenters. The van der Waals surface area contributed by atoms with Crippen molar-refractivity contribution in [1.82, 2.24) is 0 Å². The highest BCUT2D eigenvalue weighted by Gasteiger charge is 2.33. The van der Waals surface area contributed by atoms with Crippen LogP contribution in [0.2, 0.25) is 5.02 Å². The number of hydrogen-bond donors (Lipinski definition) is 1. The van der Waals surface area contributed by atoms with Crippen molar-refractivity contribution in [3.63, 3.8) is 0 Å². The number of nitrogens with zero attached hydrogens (tertiary/aromatic N) is 1. The van der Waals surface area contributed by atoms with Crippen LogP contribution in [0.25, 0.3) is 6.08 Å². The van der Waals surface area contributed by atoms with Crippen molar-refractivity contribution in [2.24, 2.45) is 0 Å². The lowest BCUT2D eigenvalue weighted by Gasteiger charge is -2.14. The van der Waals surface area contributed by atoms with E-state index in [1.165, 1.54) is 11.0 Å². The van der Waals surface area contributed by atoms with Crippen LogP contribution in [-0.4, -0.2) is 21.3 Å². The molecule has 4 nitrogen and oxygen atoms in total. The minimum absolute atomic E-state index is 0.130. The minimum atomic E-state index is -1.05. The number of carbonyl (C=O) groups excluding carboxylic acids is 1. The third kappa shape index (κ3) is 3.21. The standard InChI is InChI=1S/C17H10ClNO3S2/c18-11-5-3-6-12(9-11)19-15(20)14(24-17(19)23)8-10-4-1-2-7-13(10)16(21)22/h1-9H,(H,21,22)/b14-8+. The summed E-state index contributed by atoms with van der Waals surface area (Å²) in [6.07, 6.45) is 1.55. The molecule has 7 heteroatoms. The number of carboxylic acids is 1. The topological polar surface area (TPSA) is 57.6 Å². The molecule has 0 aromatic heterocycles. The lowest BCUT2D eigenvalue weighted by atomic mass is 10.1. The van der Waals surface area contributed by atoms with Crippen LogP contribution < -0.4 is 4.90 Å². The summed E-state index contributed by atoms with van der Waals surface area (Å²) in [6.45, 7) is 0. The predicted octanol–water partition coefficient (Wildman–Crippen LogP) is 4.44. The van der Waals surface area contributed by atoms with Gasteiger partial charge in [-0.05, 0) is 35.9 Å². The van der Waals surface area contributed by atoms with Crippen LogP contribution in [0, 0.1) is 0 Å². The maximum Gasteiger partial charge on any atom is 0.336 e. The number of carbonyl (C=O) groups is 2. The fourth-order valence-corrected chi connectivity index (χ4v) is 3.74. The van der Waals surface area contributed by atoms with Gasteiger partial charge in [-0.15, -0.1) is 0 Å². The van der Waals surface area contributed by atoms with Gasteiger partial charge in [-0.1, -0.05) is 59.8 Å². The van der Waals surface area contributed by atoms with Gasteiger partial charge in [-0.25, -0.2) is 4.79 Å². The van der Waals surface area contributed by atoms with Gasteiger partial charge in [0.25, 0.3) is 5.91 Å². The first-order valence-corrected chi connectivity index (χ1v) is 8.43. The molecule has 2 aromatic carbocycles. The summed E-state index contributed by atoms with van der Waals surface area (Å²) >= 11 is 12.4. The molecule has 1 amide bonds. The zero-order valence-corrected chi connectivity index (χ0v) is 14.5. The van der Waals surface area contributed by atoms with Crippen LogP contribution >= 0.6 is 35.6 Å². The van der Waals surface area contributed by atoms with Crippen LogP contribution in [-0.2, 0) is 4.79 Å². The third-order valence-electron chi connectivity index (χ3n) is 3.34. The van der Waals surface area contributed by atoms with Crippen molar-refractivity contribution in [2.45, 2.75) is 0 Å². The molecule has 0 radical (unpaired) electrons. The molecule has 0 unspecified atom stereocenters. The maximum absolute atomic E-state index is 12.7. The van der Waals surface area contributed by atoms with Gasteiger partial charge in [0.05, 0.1) is 16.2 Å². The van der Waals surface area contributed by atoms with Gasteiger partial charge < -0.3 is 5.11 Å². The maximum atomic E-state index is 12.7. The third-order valence-corrected chi connectivity index (χ3v) is 4.88. The first-order valence-electron chi connectivity index (χ1n) is 6.83. The summed E-state index contributed by atoms with van der Waals surface area (Å²) in [5, 5.41) is 9.75. The van der Waals surface area contributed by atoms with E-state index >= 15 is 0 Å². The molecule has 1 saturated heterocycles. The second kappa shape index (κ2) is 6.76. The van der Waals surface area contributed by atoms with Crippen molar-refractivity contribution in [2.75, 3.05) is 4.90 Å². The zero-order valence-electron chi connectivity index (χ0n) is 12.1. The number of halogens is 1. The summed E-state index contributed by atoms with van der Waals surface area (Å²) in [5.74, 6) is -1.35. The number of aromatic carboxylic acids is 1. The van der Waals surface area contributed by atoms with E-state index in [0.717, 1.165) is 11.8 Å². The highest BCUT2D eigenvalue weighted by atomic mass is 35.5. The van der Waals surface area contributed by atoms with E-state index in [1.807, 2.05) is 0 Å². The Labute approximate surface area is 152 Å². The quantitative estimate of drug-likeness (QED) is 0.634. The van der Waals surface area contributed by atoms with E-state index in [-0.39, 0.29) is 11.5 Å². The average Bonchev–Trinajstić information content (AvgIpc) is 2.81. The number of amides is 1. The Morgan fingerprint density at radius 1 is 1.21 bits per heavy atom. The van der Waals surface area contributed by atoms with Crippen LogP contribution in [0.4, 0.5) is 5.69 Å². The fourth-order valence-electron chi connectivity index (χ4n) is 2.26. The van der Waals surface area contributed by atoms with Crippen molar-refractivity contribution in [3.8, 4) is 0 Å². The van der Waals surface area contributed by atoms with Crippen molar-refractivity contribution in [1.29, 1.82) is 0 Å². The molecular formula is C17H10ClNO3S2. The van der Waals surface area contributed by atoms with Gasteiger partial charge in [-0.3, -0.25) is 9.69 Å². The van der Waals surface area contributed by atoms with Gasteiger partial charge in [0.1, 0.15) is 0 Å². The SMILES string of the molecule is O=C(O)c1ccccc1/C=C1/SC(=S)N(c2cccc(Cl)c2)C1=O. The van der Waals surface area contributed by atoms with Gasteiger partial charge in [0, 0.05) is 5.02 Å². The highest BCUT2D eigenvalue weighted by molar-refractivity contribution is 8.27. The molecule has 1 heterocycles. The van der Waals surface area contributed by atoms with Gasteiger partial charge in [0.15, 0.2) is 4.32 Å². The molecule has 1 fully saturated rings. The molecule has 1 aliphatic rings. The average molecular weight is 376 g/mol. The number of benzene rings is 2. The highest BCUT2D eigenvalue weighted by Crippen LogP contribution is 2.36. The number of anilines is 1. The first-order chi connectivity index (χ1) is 11.5. The second-order valence-corrected chi connectivity index (χ2v) is 7.00. The summed E-state index contributed by atoms with van der Waals surface area (Å²) < 4.78 is 0.376. The summed E-state index contributed by atoms with van der Waals surface area (Å²) in [7, 11) is 0. The molecule has 120 valence electrons. The Hall–Kier alpha value is -2.15. The summed E-state index contributed by atoms with van der Waals surface area (Å²) in [4.78, 5) is 25.7. The van der Waals surface area contributed by atoms with Gasteiger partial charge in [-0.2, -0.15) is 0 Å². The molecule has 0 saturated carbocycles. The Balaban J connectivity index is 1.99.